The second-order valence-corrected chi connectivity index (χ2v) is 3.60. The van der Waals surface area contributed by atoms with Crippen LogP contribution in [0.4, 0.5) is 0 Å². The fourth-order valence-corrected chi connectivity index (χ4v) is 1.24. The zero-order valence-electron chi connectivity index (χ0n) is 5.86. The predicted octanol–water partition coefficient (Wildman–Crippen LogP) is -0.657. The van der Waals surface area contributed by atoms with E-state index in [4.69, 9.17) is 5.11 Å². The monoisotopic (exact) mass is 251 g/mol. The van der Waals surface area contributed by atoms with Crippen LogP contribution in [0, 0.1) is 0 Å². The predicted molar refractivity (Wildman–Crippen MR) is 39.7 cm³/mol. The summed E-state index contributed by atoms with van der Waals surface area (Å²) in [6, 6.07) is 0. The number of hydrogen-bond acceptors (Lipinski definition) is 3. The minimum atomic E-state index is 0.205. The molecule has 0 aliphatic carbocycles. The molecule has 4 heteroatoms. The standard InChI is InChI=1S/C6H12NO2.Sb/c8-5-2-1-3-7-4-6-9;/h5,9H,1-4,6H2;/q-1;+1. The van der Waals surface area contributed by atoms with E-state index in [1.54, 1.807) is 23.3 Å². The topological polar surface area (TPSA) is 40.5 Å². The van der Waals surface area contributed by atoms with E-state index in [1.807, 2.05) is 0 Å². The molecular formula is C6H12NO2Sb. The quantitative estimate of drug-likeness (QED) is 0.387. The number of hydrogen-bond donors (Lipinski definition) is 1. The first kappa shape index (κ1) is 10.4. The van der Waals surface area contributed by atoms with E-state index in [9.17, 15) is 4.79 Å². The van der Waals surface area contributed by atoms with E-state index in [0.29, 0.717) is 13.0 Å². The summed E-state index contributed by atoms with van der Waals surface area (Å²) in [6.07, 6.45) is 2.46. The molecule has 0 aromatic carbocycles. The summed E-state index contributed by atoms with van der Waals surface area (Å²) >= 11 is 1.59. The fraction of sp³-hybridized carbons (Fsp3) is 0.833. The van der Waals surface area contributed by atoms with Gasteiger partial charge in [-0.1, -0.05) is 0 Å². The van der Waals surface area contributed by atoms with E-state index >= 15 is 0 Å². The van der Waals surface area contributed by atoms with Gasteiger partial charge in [0, 0.05) is 0 Å². The second kappa shape index (κ2) is 7.51. The molecule has 0 atom stereocenters. The third-order valence-corrected chi connectivity index (χ3v) is 2.24. The molecule has 58 valence electrons. The zero-order valence-corrected chi connectivity index (χ0v) is 8.42. The van der Waals surface area contributed by atoms with E-state index in [1.165, 1.54) is 0 Å². The van der Waals surface area contributed by atoms with Gasteiger partial charge < -0.3 is 0 Å². The van der Waals surface area contributed by atoms with Gasteiger partial charge in [0.2, 0.25) is 0 Å². The van der Waals surface area contributed by atoms with Crippen molar-refractivity contribution in [2.45, 2.75) is 12.8 Å². The molecule has 0 bridgehead atoms. The van der Waals surface area contributed by atoms with Crippen LogP contribution in [0.5, 0.6) is 0 Å². The maximum absolute atomic E-state index is 9.88. The van der Waals surface area contributed by atoms with Gasteiger partial charge in [-0.15, -0.1) is 0 Å². The van der Waals surface area contributed by atoms with Crippen molar-refractivity contribution in [2.75, 3.05) is 19.7 Å². The Balaban J connectivity index is 3.04. The van der Waals surface area contributed by atoms with Crippen LogP contribution in [-0.4, -0.2) is 57.4 Å². The molecular weight excluding hydrogens is 240 g/mol. The van der Waals surface area contributed by atoms with Crippen LogP contribution in [0.15, 0.2) is 0 Å². The first-order valence-corrected chi connectivity index (χ1v) is 4.43. The molecule has 0 aliphatic heterocycles. The summed E-state index contributed by atoms with van der Waals surface area (Å²) < 4.78 is 2.05. The van der Waals surface area contributed by atoms with Crippen molar-refractivity contribution in [3.05, 3.63) is 0 Å². The average molecular weight is 252 g/mol. The molecule has 0 fully saturated rings. The van der Waals surface area contributed by atoms with Crippen molar-refractivity contribution in [3.63, 3.8) is 0 Å². The van der Waals surface area contributed by atoms with E-state index in [-0.39, 0.29) is 6.61 Å². The molecule has 0 spiro atoms. The number of unbranched alkanes of at least 4 members (excludes halogenated alkanes) is 1. The Labute approximate surface area is 75.3 Å². The van der Waals surface area contributed by atoms with E-state index in [0.717, 1.165) is 19.3 Å². The van der Waals surface area contributed by atoms with Crippen molar-refractivity contribution in [1.82, 2.24) is 3.06 Å². The van der Waals surface area contributed by atoms with Crippen molar-refractivity contribution in [3.8, 4) is 0 Å². The summed E-state index contributed by atoms with van der Waals surface area (Å²) in [5, 5.41) is 8.49. The minimum absolute atomic E-state index is 0.205. The van der Waals surface area contributed by atoms with Crippen LogP contribution in [-0.2, 0) is 4.79 Å². The summed E-state index contributed by atoms with van der Waals surface area (Å²) in [4.78, 5) is 9.88. The SMILES string of the molecule is O=CCCC[N]([Sb])CCO. The van der Waals surface area contributed by atoms with Crippen molar-refractivity contribution in [2.24, 2.45) is 0 Å². The van der Waals surface area contributed by atoms with E-state index in [2.05, 4.69) is 3.06 Å². The molecule has 0 rings (SSSR count). The Morgan fingerprint density at radius 2 is 2.20 bits per heavy atom. The molecule has 3 nitrogen and oxygen atoms in total. The third-order valence-electron chi connectivity index (χ3n) is 1.10. The zero-order chi connectivity index (χ0) is 7.82. The number of aliphatic hydroxyl groups excluding tert-OH is 1. The number of carbonyl (C=O) groups excluding carboxylic acids is 1. The van der Waals surface area contributed by atoms with Crippen molar-refractivity contribution in [1.29, 1.82) is 0 Å². The Morgan fingerprint density at radius 3 is 2.70 bits per heavy atom. The Hall–Kier alpha value is 0.408. The van der Waals surface area contributed by atoms with Crippen LogP contribution in [0.25, 0.3) is 0 Å². The van der Waals surface area contributed by atoms with Gasteiger partial charge in [-0.05, 0) is 0 Å². The Kier molecular flexibility index (Phi) is 7.82. The second-order valence-electron chi connectivity index (χ2n) is 1.99. The molecule has 0 unspecified atom stereocenters. The number of aliphatic hydroxyl groups is 1. The molecule has 0 saturated heterocycles. The first-order chi connectivity index (χ1) is 4.81. The Bertz CT molecular complexity index is 89.8. The van der Waals surface area contributed by atoms with Crippen LogP contribution in [0.3, 0.4) is 0 Å². The fourth-order valence-electron chi connectivity index (χ4n) is 0.584. The van der Waals surface area contributed by atoms with Crippen molar-refractivity contribution < 1.29 is 9.90 Å². The number of rotatable bonds is 6. The maximum atomic E-state index is 9.88. The number of aldehydes is 1. The van der Waals surface area contributed by atoms with Gasteiger partial charge >= 0.3 is 75.1 Å². The average Bonchev–Trinajstić information content (AvgIpc) is 1.89. The molecule has 0 heterocycles. The van der Waals surface area contributed by atoms with Crippen LogP contribution in [0.2, 0.25) is 0 Å². The Morgan fingerprint density at radius 1 is 1.50 bits per heavy atom. The van der Waals surface area contributed by atoms with Gasteiger partial charge in [-0.25, -0.2) is 0 Å². The molecule has 0 aromatic heterocycles. The van der Waals surface area contributed by atoms with Gasteiger partial charge in [-0.2, -0.15) is 0 Å². The van der Waals surface area contributed by atoms with Crippen LogP contribution in [0.1, 0.15) is 12.8 Å². The number of carbonyl (C=O) groups is 1. The van der Waals surface area contributed by atoms with Gasteiger partial charge in [0.1, 0.15) is 0 Å². The molecule has 0 amide bonds. The number of nitrogens with zero attached hydrogens (tertiary/aromatic N) is 1. The normalized spacial score (nSPS) is 10.3. The molecule has 1 N–H and O–H groups in total. The molecule has 2 radical (unpaired) electrons. The summed E-state index contributed by atoms with van der Waals surface area (Å²) in [5.41, 5.74) is 0. The van der Waals surface area contributed by atoms with Crippen LogP contribution < -0.4 is 0 Å². The summed E-state index contributed by atoms with van der Waals surface area (Å²) in [7, 11) is 0. The third kappa shape index (κ3) is 6.53. The molecule has 10 heavy (non-hydrogen) atoms. The molecule has 0 aliphatic rings. The summed E-state index contributed by atoms with van der Waals surface area (Å²) in [6.45, 7) is 1.83. The molecule has 0 aromatic rings. The summed E-state index contributed by atoms with van der Waals surface area (Å²) in [5.74, 6) is 0. The first-order valence-electron chi connectivity index (χ1n) is 3.29. The van der Waals surface area contributed by atoms with Gasteiger partial charge in [0.25, 0.3) is 0 Å². The van der Waals surface area contributed by atoms with Gasteiger partial charge in [0.15, 0.2) is 0 Å². The molecule has 0 saturated carbocycles. The van der Waals surface area contributed by atoms with E-state index < -0.39 is 0 Å². The van der Waals surface area contributed by atoms with Crippen LogP contribution >= 0.6 is 0 Å². The van der Waals surface area contributed by atoms with Gasteiger partial charge in [0.05, 0.1) is 0 Å². The van der Waals surface area contributed by atoms with Gasteiger partial charge in [-0.3, -0.25) is 0 Å². The van der Waals surface area contributed by atoms with Crippen molar-refractivity contribution >= 4 is 29.6 Å².